The van der Waals surface area contributed by atoms with E-state index in [0.717, 1.165) is 5.56 Å². The number of esters is 1. The molecule has 174 valence electrons. The third-order valence-electron chi connectivity index (χ3n) is 4.88. The zero-order chi connectivity index (χ0) is 24.2. The van der Waals surface area contributed by atoms with E-state index in [0.29, 0.717) is 11.3 Å². The van der Waals surface area contributed by atoms with Gasteiger partial charge in [-0.2, -0.15) is 0 Å². The second kappa shape index (κ2) is 9.72. The maximum atomic E-state index is 12.9. The lowest BCUT2D eigenvalue weighted by Crippen LogP contribution is -2.49. The Balaban J connectivity index is 1.71. The van der Waals surface area contributed by atoms with Crippen molar-refractivity contribution in [2.75, 3.05) is 11.4 Å². The summed E-state index contributed by atoms with van der Waals surface area (Å²) in [6.07, 6.45) is -1.54. The lowest BCUT2D eigenvalue weighted by molar-refractivity contribution is -0.159. The van der Waals surface area contributed by atoms with Gasteiger partial charge in [-0.15, -0.1) is 0 Å². The van der Waals surface area contributed by atoms with Gasteiger partial charge in [0.1, 0.15) is 17.5 Å². The summed E-state index contributed by atoms with van der Waals surface area (Å²) in [5, 5.41) is 10.1. The first kappa shape index (κ1) is 23.8. The predicted molar refractivity (Wildman–Crippen MR) is 123 cm³/mol. The van der Waals surface area contributed by atoms with Gasteiger partial charge in [-0.25, -0.2) is 9.59 Å². The number of nitrogen functional groups attached to an aromatic ring is 1. The SMILES string of the molecule is CC(C)(C)OC(=O)[C@@H](Cc1ccccc1)NC(=O)C1CN(c2ccc(C(=N)N)cc2)C(=O)O1. The molecule has 0 aromatic heterocycles. The molecule has 0 aliphatic carbocycles. The lowest BCUT2D eigenvalue weighted by atomic mass is 10.1. The average Bonchev–Trinajstić information content (AvgIpc) is 3.14. The van der Waals surface area contributed by atoms with Crippen LogP contribution >= 0.6 is 0 Å². The fourth-order valence-corrected chi connectivity index (χ4v) is 3.31. The maximum Gasteiger partial charge on any atom is 0.415 e. The number of hydrogen-bond donors (Lipinski definition) is 3. The Kier molecular flexibility index (Phi) is 7.01. The molecule has 9 nitrogen and oxygen atoms in total. The Hall–Kier alpha value is -3.88. The molecule has 1 aliphatic rings. The maximum absolute atomic E-state index is 12.9. The van der Waals surface area contributed by atoms with Gasteiger partial charge in [-0.05, 0) is 50.6 Å². The molecule has 3 rings (SSSR count). The molecule has 1 fully saturated rings. The van der Waals surface area contributed by atoms with Crippen LogP contribution in [0.25, 0.3) is 0 Å². The number of ether oxygens (including phenoxy) is 2. The first-order chi connectivity index (χ1) is 15.5. The van der Waals surface area contributed by atoms with Crippen molar-refractivity contribution in [1.82, 2.24) is 5.32 Å². The highest BCUT2D eigenvalue weighted by Gasteiger charge is 2.39. The molecule has 2 aromatic carbocycles. The molecule has 2 amide bonds. The number of carbonyl (C=O) groups excluding carboxylic acids is 3. The van der Waals surface area contributed by atoms with E-state index >= 15 is 0 Å². The molecule has 2 atom stereocenters. The van der Waals surface area contributed by atoms with E-state index < -0.39 is 35.7 Å². The van der Waals surface area contributed by atoms with Gasteiger partial charge in [-0.1, -0.05) is 30.3 Å². The van der Waals surface area contributed by atoms with Gasteiger partial charge >= 0.3 is 12.1 Å². The molecule has 0 saturated carbocycles. The number of nitrogens with zero attached hydrogens (tertiary/aromatic N) is 1. The topological polar surface area (TPSA) is 135 Å². The van der Waals surface area contributed by atoms with Crippen LogP contribution in [0.5, 0.6) is 0 Å². The lowest BCUT2D eigenvalue weighted by Gasteiger charge is -2.25. The fourth-order valence-electron chi connectivity index (χ4n) is 3.31. The minimum absolute atomic E-state index is 0.0174. The van der Waals surface area contributed by atoms with Crippen molar-refractivity contribution in [1.29, 1.82) is 5.41 Å². The number of amides is 2. The van der Waals surface area contributed by atoms with Crippen molar-refractivity contribution >= 4 is 29.5 Å². The Morgan fingerprint density at radius 1 is 1.18 bits per heavy atom. The Morgan fingerprint density at radius 2 is 1.82 bits per heavy atom. The summed E-state index contributed by atoms with van der Waals surface area (Å²) < 4.78 is 10.7. The van der Waals surface area contributed by atoms with E-state index in [-0.39, 0.29) is 18.8 Å². The first-order valence-electron chi connectivity index (χ1n) is 10.5. The largest absolute Gasteiger partial charge is 0.458 e. The second-order valence-corrected chi connectivity index (χ2v) is 8.73. The van der Waals surface area contributed by atoms with Crippen molar-refractivity contribution in [2.24, 2.45) is 5.73 Å². The summed E-state index contributed by atoms with van der Waals surface area (Å²) in [4.78, 5) is 39.4. The molecule has 9 heteroatoms. The highest BCUT2D eigenvalue weighted by atomic mass is 16.6. The van der Waals surface area contributed by atoms with Crippen LogP contribution in [0.3, 0.4) is 0 Å². The normalized spacial score (nSPS) is 16.6. The summed E-state index contributed by atoms with van der Waals surface area (Å²) in [5.41, 5.74) is 6.61. The number of cyclic esters (lactones) is 1. The van der Waals surface area contributed by atoms with Crippen LogP contribution in [0.15, 0.2) is 54.6 Å². The van der Waals surface area contributed by atoms with Gasteiger partial charge in [0.25, 0.3) is 5.91 Å². The molecular formula is C24H28N4O5. The Bertz CT molecular complexity index is 1030. The van der Waals surface area contributed by atoms with E-state index in [4.69, 9.17) is 20.6 Å². The Labute approximate surface area is 192 Å². The molecule has 0 radical (unpaired) electrons. The van der Waals surface area contributed by atoms with Crippen LogP contribution in [0.1, 0.15) is 31.9 Å². The molecule has 1 saturated heterocycles. The summed E-state index contributed by atoms with van der Waals surface area (Å²) in [6, 6.07) is 14.8. The zero-order valence-electron chi connectivity index (χ0n) is 18.8. The van der Waals surface area contributed by atoms with E-state index in [1.165, 1.54) is 4.90 Å². The van der Waals surface area contributed by atoms with Crippen LogP contribution in [0.2, 0.25) is 0 Å². The van der Waals surface area contributed by atoms with E-state index in [9.17, 15) is 14.4 Å². The molecule has 1 heterocycles. The van der Waals surface area contributed by atoms with Gasteiger partial charge in [-0.3, -0.25) is 15.1 Å². The van der Waals surface area contributed by atoms with Gasteiger partial charge in [0.05, 0.1) is 6.54 Å². The molecule has 1 unspecified atom stereocenters. The molecule has 0 spiro atoms. The summed E-state index contributed by atoms with van der Waals surface area (Å²) in [6.45, 7) is 5.23. The number of amidine groups is 1. The van der Waals surface area contributed by atoms with Crippen molar-refractivity contribution < 1.29 is 23.9 Å². The van der Waals surface area contributed by atoms with Crippen LogP contribution in [-0.4, -0.2) is 48.1 Å². The number of hydrogen-bond acceptors (Lipinski definition) is 6. The highest BCUT2D eigenvalue weighted by Crippen LogP contribution is 2.22. The van der Waals surface area contributed by atoms with E-state index in [1.807, 2.05) is 30.3 Å². The molecule has 0 bridgehead atoms. The smallest absolute Gasteiger partial charge is 0.415 e. The quantitative estimate of drug-likeness (QED) is 0.335. The summed E-state index contributed by atoms with van der Waals surface area (Å²) in [5.74, 6) is -1.24. The van der Waals surface area contributed by atoms with Gasteiger partial charge in [0.2, 0.25) is 0 Å². The zero-order valence-corrected chi connectivity index (χ0v) is 18.8. The first-order valence-corrected chi connectivity index (χ1v) is 10.5. The van der Waals surface area contributed by atoms with Crippen molar-refractivity contribution in [3.63, 3.8) is 0 Å². The number of nitrogens with two attached hydrogens (primary N) is 1. The molecule has 2 aromatic rings. The molecule has 33 heavy (non-hydrogen) atoms. The fraction of sp³-hybridized carbons (Fsp3) is 0.333. The minimum atomic E-state index is -1.09. The van der Waals surface area contributed by atoms with Crippen molar-refractivity contribution in [2.45, 2.75) is 44.9 Å². The van der Waals surface area contributed by atoms with Crippen LogP contribution in [0.4, 0.5) is 10.5 Å². The third-order valence-corrected chi connectivity index (χ3v) is 4.88. The monoisotopic (exact) mass is 452 g/mol. The second-order valence-electron chi connectivity index (χ2n) is 8.73. The van der Waals surface area contributed by atoms with Crippen molar-refractivity contribution in [3.8, 4) is 0 Å². The molecule has 4 N–H and O–H groups in total. The average molecular weight is 453 g/mol. The van der Waals surface area contributed by atoms with E-state index in [1.54, 1.807) is 45.0 Å². The Morgan fingerprint density at radius 3 is 2.39 bits per heavy atom. The third kappa shape index (κ3) is 6.31. The highest BCUT2D eigenvalue weighted by molar-refractivity contribution is 5.98. The standard InChI is InChI=1S/C24H28N4O5/c1-24(2,3)33-22(30)18(13-15-7-5-4-6-8-15)27-21(29)19-14-28(23(31)32-19)17-11-9-16(10-12-17)20(25)26/h4-12,18-19H,13-14H2,1-3H3,(H3,25,26)(H,27,29)/t18-,19?/m1/s1. The number of carbonyl (C=O) groups is 3. The minimum Gasteiger partial charge on any atom is -0.458 e. The van der Waals surface area contributed by atoms with Crippen molar-refractivity contribution in [3.05, 3.63) is 65.7 Å². The van der Waals surface area contributed by atoms with Gasteiger partial charge < -0.3 is 20.5 Å². The summed E-state index contributed by atoms with van der Waals surface area (Å²) >= 11 is 0. The number of nitrogens with one attached hydrogen (secondary N) is 2. The molecule has 1 aliphatic heterocycles. The number of benzene rings is 2. The van der Waals surface area contributed by atoms with Gasteiger partial charge in [0.15, 0.2) is 6.10 Å². The molecular weight excluding hydrogens is 424 g/mol. The van der Waals surface area contributed by atoms with Crippen LogP contribution < -0.4 is 16.0 Å². The van der Waals surface area contributed by atoms with Crippen LogP contribution in [0, 0.1) is 5.41 Å². The van der Waals surface area contributed by atoms with Crippen LogP contribution in [-0.2, 0) is 25.5 Å². The van der Waals surface area contributed by atoms with Gasteiger partial charge in [0, 0.05) is 17.7 Å². The number of anilines is 1. The predicted octanol–water partition coefficient (Wildman–Crippen LogP) is 2.37. The number of rotatable bonds is 7. The summed E-state index contributed by atoms with van der Waals surface area (Å²) in [7, 11) is 0. The van der Waals surface area contributed by atoms with E-state index in [2.05, 4.69) is 5.32 Å².